The summed E-state index contributed by atoms with van der Waals surface area (Å²) in [5.74, 6) is -2.11. The Balaban J connectivity index is 2.15. The summed E-state index contributed by atoms with van der Waals surface area (Å²) >= 11 is 0. The van der Waals surface area contributed by atoms with Crippen molar-refractivity contribution < 1.29 is 17.7 Å². The summed E-state index contributed by atoms with van der Waals surface area (Å²) in [6.45, 7) is 0. The molecule has 2 aromatic heterocycles. The second-order valence-corrected chi connectivity index (χ2v) is 3.85. The number of fused-ring (bicyclic) bond motifs is 1. The zero-order chi connectivity index (χ0) is 14.3. The number of rotatable bonds is 1. The van der Waals surface area contributed by atoms with E-state index in [-0.39, 0.29) is 5.82 Å². The lowest BCUT2D eigenvalue weighted by atomic mass is 10.2. The van der Waals surface area contributed by atoms with E-state index in [1.807, 2.05) is 0 Å². The summed E-state index contributed by atoms with van der Waals surface area (Å²) in [5.41, 5.74) is -0.173. The number of nitrogens with zero attached hydrogens (tertiary/aromatic N) is 3. The number of benzene rings is 1. The molecule has 2 heterocycles. The van der Waals surface area contributed by atoms with Crippen molar-refractivity contribution in [3.05, 3.63) is 40.5 Å². The van der Waals surface area contributed by atoms with Gasteiger partial charge in [0, 0.05) is 0 Å². The molecule has 0 saturated heterocycles. The predicted molar refractivity (Wildman–Crippen MR) is 60.7 cm³/mol. The van der Waals surface area contributed by atoms with Crippen LogP contribution in [0.4, 0.5) is 13.2 Å². The summed E-state index contributed by atoms with van der Waals surface area (Å²) in [7, 11) is 0. The molecule has 1 N–H and O–H groups in total. The van der Waals surface area contributed by atoms with Crippen molar-refractivity contribution in [2.75, 3.05) is 0 Å². The van der Waals surface area contributed by atoms with Crippen molar-refractivity contribution >= 4 is 10.9 Å². The largest absolute Gasteiger partial charge is 0.471 e. The first kappa shape index (κ1) is 12.3. The van der Waals surface area contributed by atoms with Crippen LogP contribution in [0.5, 0.6) is 0 Å². The summed E-state index contributed by atoms with van der Waals surface area (Å²) in [6, 6.07) is 6.39. The number of H-pyrrole nitrogens is 1. The summed E-state index contributed by atoms with van der Waals surface area (Å²) in [6.07, 6.45) is -4.75. The highest BCUT2D eigenvalue weighted by molar-refractivity contribution is 5.78. The average molecular weight is 282 g/mol. The number of aromatic nitrogens is 4. The first-order valence-corrected chi connectivity index (χ1v) is 5.35. The van der Waals surface area contributed by atoms with Crippen molar-refractivity contribution in [3.8, 4) is 11.6 Å². The summed E-state index contributed by atoms with van der Waals surface area (Å²) < 4.78 is 41.2. The number of hydrogen-bond donors (Lipinski definition) is 1. The van der Waals surface area contributed by atoms with Crippen LogP contribution in [0.3, 0.4) is 0 Å². The molecule has 0 aliphatic rings. The molecule has 3 aromatic rings. The molecule has 0 saturated carbocycles. The van der Waals surface area contributed by atoms with E-state index in [2.05, 4.69) is 24.6 Å². The molecule has 0 fully saturated rings. The minimum atomic E-state index is -4.75. The van der Waals surface area contributed by atoms with Crippen molar-refractivity contribution in [1.29, 1.82) is 0 Å². The van der Waals surface area contributed by atoms with Gasteiger partial charge in [0.2, 0.25) is 5.82 Å². The highest BCUT2D eigenvalue weighted by Gasteiger charge is 2.38. The monoisotopic (exact) mass is 282 g/mol. The number of aromatic amines is 1. The lowest BCUT2D eigenvalue weighted by molar-refractivity contribution is -0.159. The van der Waals surface area contributed by atoms with E-state index in [0.29, 0.717) is 10.9 Å². The van der Waals surface area contributed by atoms with Crippen LogP contribution in [0, 0.1) is 0 Å². The molecule has 0 radical (unpaired) electrons. The normalized spacial score (nSPS) is 11.9. The third-order valence-electron chi connectivity index (χ3n) is 2.49. The maximum atomic E-state index is 12.4. The van der Waals surface area contributed by atoms with Gasteiger partial charge in [0.05, 0.1) is 10.9 Å². The fraction of sp³-hybridized carbons (Fsp3) is 0.0909. The van der Waals surface area contributed by atoms with Gasteiger partial charge in [-0.05, 0) is 12.1 Å². The third kappa shape index (κ3) is 2.02. The summed E-state index contributed by atoms with van der Waals surface area (Å²) in [4.78, 5) is 21.2. The number of halogens is 3. The average Bonchev–Trinajstić information content (AvgIpc) is 2.88. The van der Waals surface area contributed by atoms with Crippen LogP contribution < -0.4 is 5.56 Å². The van der Waals surface area contributed by atoms with E-state index in [1.54, 1.807) is 24.3 Å². The van der Waals surface area contributed by atoms with Gasteiger partial charge in [0.1, 0.15) is 0 Å². The second-order valence-electron chi connectivity index (χ2n) is 3.85. The lowest BCUT2D eigenvalue weighted by Crippen LogP contribution is -2.10. The van der Waals surface area contributed by atoms with E-state index < -0.39 is 23.5 Å². The second kappa shape index (κ2) is 4.15. The van der Waals surface area contributed by atoms with Gasteiger partial charge in [-0.25, -0.2) is 4.98 Å². The molecule has 0 atom stereocenters. The Morgan fingerprint density at radius 2 is 1.90 bits per heavy atom. The Morgan fingerprint density at radius 1 is 1.15 bits per heavy atom. The van der Waals surface area contributed by atoms with Crippen LogP contribution in [0.25, 0.3) is 22.6 Å². The zero-order valence-electron chi connectivity index (χ0n) is 9.60. The zero-order valence-corrected chi connectivity index (χ0v) is 9.60. The molecule has 0 unspecified atom stereocenters. The first-order chi connectivity index (χ1) is 9.45. The molecule has 0 spiro atoms. The maximum absolute atomic E-state index is 12.4. The van der Waals surface area contributed by atoms with E-state index in [4.69, 9.17) is 0 Å². The van der Waals surface area contributed by atoms with Crippen LogP contribution in [0.1, 0.15) is 5.89 Å². The van der Waals surface area contributed by atoms with Gasteiger partial charge in [0.15, 0.2) is 5.82 Å². The molecule has 0 aliphatic heterocycles. The molecule has 3 rings (SSSR count). The van der Waals surface area contributed by atoms with Crippen LogP contribution in [-0.2, 0) is 6.18 Å². The van der Waals surface area contributed by atoms with Crippen molar-refractivity contribution in [3.63, 3.8) is 0 Å². The van der Waals surface area contributed by atoms with E-state index in [1.165, 1.54) is 0 Å². The molecule has 6 nitrogen and oxygen atoms in total. The van der Waals surface area contributed by atoms with Crippen LogP contribution in [0.15, 0.2) is 33.6 Å². The van der Waals surface area contributed by atoms with Gasteiger partial charge in [0.25, 0.3) is 5.56 Å². The van der Waals surface area contributed by atoms with E-state index in [0.717, 1.165) is 0 Å². The predicted octanol–water partition coefficient (Wildman–Crippen LogP) is 1.99. The molecule has 0 amide bonds. The standard InChI is InChI=1S/C11H5F3N4O2/c12-11(13,14)10-17-8(18-20-10)7-15-6-4-2-1-3-5(6)9(19)16-7/h1-4H,(H,15,16,19). The first-order valence-electron chi connectivity index (χ1n) is 5.35. The Bertz CT molecular complexity index is 837. The van der Waals surface area contributed by atoms with Gasteiger partial charge < -0.3 is 9.51 Å². The minimum Gasteiger partial charge on any atom is -0.329 e. The summed E-state index contributed by atoms with van der Waals surface area (Å²) in [5, 5.41) is 3.48. The van der Waals surface area contributed by atoms with Gasteiger partial charge in [-0.1, -0.05) is 17.3 Å². The molecule has 1 aromatic carbocycles. The number of hydrogen-bond acceptors (Lipinski definition) is 5. The highest BCUT2D eigenvalue weighted by Crippen LogP contribution is 2.28. The van der Waals surface area contributed by atoms with Gasteiger partial charge in [-0.3, -0.25) is 4.79 Å². The maximum Gasteiger partial charge on any atom is 0.471 e. The lowest BCUT2D eigenvalue weighted by Gasteiger charge is -1.98. The van der Waals surface area contributed by atoms with Crippen molar-refractivity contribution in [1.82, 2.24) is 20.1 Å². The van der Waals surface area contributed by atoms with E-state index >= 15 is 0 Å². The molecule has 0 bridgehead atoms. The van der Waals surface area contributed by atoms with Gasteiger partial charge >= 0.3 is 12.1 Å². The Kier molecular flexibility index (Phi) is 2.56. The molecular formula is C11H5F3N4O2. The smallest absolute Gasteiger partial charge is 0.329 e. The Hall–Kier alpha value is -2.71. The SMILES string of the molecule is O=c1[nH]c(-c2noc(C(F)(F)F)n2)nc2ccccc12. The van der Waals surface area contributed by atoms with Crippen LogP contribution >= 0.6 is 0 Å². The molecule has 102 valence electrons. The quantitative estimate of drug-likeness (QED) is 0.737. The van der Waals surface area contributed by atoms with Gasteiger partial charge in [-0.15, -0.1) is 0 Å². The minimum absolute atomic E-state index is 0.187. The molecule has 20 heavy (non-hydrogen) atoms. The number of alkyl halides is 3. The van der Waals surface area contributed by atoms with Crippen LogP contribution in [-0.4, -0.2) is 20.1 Å². The van der Waals surface area contributed by atoms with Crippen molar-refractivity contribution in [2.45, 2.75) is 6.18 Å². The molecule has 9 heteroatoms. The third-order valence-corrected chi connectivity index (χ3v) is 2.49. The molecular weight excluding hydrogens is 277 g/mol. The Morgan fingerprint density at radius 3 is 2.60 bits per heavy atom. The molecule has 0 aliphatic carbocycles. The number of para-hydroxylation sites is 1. The van der Waals surface area contributed by atoms with Gasteiger partial charge in [-0.2, -0.15) is 18.2 Å². The topological polar surface area (TPSA) is 84.7 Å². The number of nitrogens with one attached hydrogen (secondary N) is 1. The van der Waals surface area contributed by atoms with Crippen LogP contribution in [0.2, 0.25) is 0 Å². The highest BCUT2D eigenvalue weighted by atomic mass is 19.4. The van der Waals surface area contributed by atoms with E-state index in [9.17, 15) is 18.0 Å². The Labute approximate surface area is 108 Å². The fourth-order valence-electron chi connectivity index (χ4n) is 1.63. The fourth-order valence-corrected chi connectivity index (χ4v) is 1.63. The van der Waals surface area contributed by atoms with Crippen molar-refractivity contribution in [2.24, 2.45) is 0 Å².